The largest absolute Gasteiger partial charge is 0.304 e. The summed E-state index contributed by atoms with van der Waals surface area (Å²) >= 11 is 7.13. The summed E-state index contributed by atoms with van der Waals surface area (Å²) in [5.41, 5.74) is 1.10. The first-order chi connectivity index (χ1) is 8.11. The highest BCUT2D eigenvalue weighted by atomic mass is 79.9. The predicted molar refractivity (Wildman–Crippen MR) is 79.1 cm³/mol. The highest BCUT2D eigenvalue weighted by molar-refractivity contribution is 9.10. The Kier molecular flexibility index (Phi) is 4.36. The zero-order valence-electron chi connectivity index (χ0n) is 10.1. The quantitative estimate of drug-likeness (QED) is 0.904. The van der Waals surface area contributed by atoms with Gasteiger partial charge in [-0.2, -0.15) is 0 Å². The van der Waals surface area contributed by atoms with E-state index in [2.05, 4.69) is 51.5 Å². The van der Waals surface area contributed by atoms with Crippen LogP contribution in [0.3, 0.4) is 0 Å². The molecule has 0 aliphatic carbocycles. The molecule has 2 aromatic heterocycles. The lowest BCUT2D eigenvalue weighted by Crippen LogP contribution is -2.20. The summed E-state index contributed by atoms with van der Waals surface area (Å²) < 4.78 is 1.19. The third-order valence-electron chi connectivity index (χ3n) is 2.45. The van der Waals surface area contributed by atoms with E-state index in [4.69, 9.17) is 0 Å². The number of thiophene rings is 1. The number of hydrogen-bond acceptors (Lipinski definition) is 4. The molecule has 0 aromatic carbocycles. The van der Waals surface area contributed by atoms with Crippen LogP contribution in [0.4, 0.5) is 0 Å². The second-order valence-corrected chi connectivity index (χ2v) is 6.90. The van der Waals surface area contributed by atoms with E-state index in [1.807, 2.05) is 18.3 Å². The van der Waals surface area contributed by atoms with E-state index in [9.17, 15) is 0 Å². The Morgan fingerprint density at radius 3 is 2.71 bits per heavy atom. The molecule has 2 heterocycles. The van der Waals surface area contributed by atoms with Crippen LogP contribution in [0.1, 0.15) is 33.4 Å². The van der Waals surface area contributed by atoms with Gasteiger partial charge in [-0.3, -0.25) is 0 Å². The Morgan fingerprint density at radius 2 is 2.24 bits per heavy atom. The number of nitrogens with one attached hydrogen (secondary N) is 1. The molecule has 0 fully saturated rings. The summed E-state index contributed by atoms with van der Waals surface area (Å²) in [5, 5.41) is 6.76. The molecular weight excluding hydrogens is 316 g/mol. The molecule has 0 aliphatic rings. The molecule has 0 aliphatic heterocycles. The molecule has 1 N–H and O–H groups in total. The van der Waals surface area contributed by atoms with E-state index in [1.54, 1.807) is 11.3 Å². The lowest BCUT2D eigenvalue weighted by atomic mass is 10.2. The Bertz CT molecular complexity index is 485. The van der Waals surface area contributed by atoms with Gasteiger partial charge in [-0.15, -0.1) is 22.7 Å². The molecule has 1 atom stereocenters. The van der Waals surface area contributed by atoms with Gasteiger partial charge in [0.2, 0.25) is 0 Å². The molecule has 2 nitrogen and oxygen atoms in total. The SMILES string of the molecule is CCNC(c1cc(Br)c(C)s1)c1nc(C)cs1. The molecule has 5 heteroatoms. The van der Waals surface area contributed by atoms with Gasteiger partial charge < -0.3 is 5.32 Å². The molecule has 92 valence electrons. The molecule has 0 bridgehead atoms. The average Bonchev–Trinajstić information content (AvgIpc) is 2.83. The zero-order valence-corrected chi connectivity index (χ0v) is 13.3. The van der Waals surface area contributed by atoms with E-state index >= 15 is 0 Å². The van der Waals surface area contributed by atoms with Crippen molar-refractivity contribution in [2.45, 2.75) is 26.8 Å². The summed E-state index contributed by atoms with van der Waals surface area (Å²) in [7, 11) is 0. The normalized spacial score (nSPS) is 12.9. The minimum absolute atomic E-state index is 0.230. The topological polar surface area (TPSA) is 24.9 Å². The van der Waals surface area contributed by atoms with Crippen LogP contribution >= 0.6 is 38.6 Å². The second kappa shape index (κ2) is 5.61. The zero-order chi connectivity index (χ0) is 12.4. The van der Waals surface area contributed by atoms with Crippen molar-refractivity contribution in [2.75, 3.05) is 6.54 Å². The van der Waals surface area contributed by atoms with Gasteiger partial charge in [-0.25, -0.2) is 4.98 Å². The van der Waals surface area contributed by atoms with Crippen molar-refractivity contribution in [3.05, 3.63) is 36.4 Å². The van der Waals surface area contributed by atoms with Crippen LogP contribution < -0.4 is 5.32 Å². The van der Waals surface area contributed by atoms with Crippen LogP contribution in [-0.2, 0) is 0 Å². The number of rotatable bonds is 4. The Morgan fingerprint density at radius 1 is 1.47 bits per heavy atom. The van der Waals surface area contributed by atoms with E-state index in [1.165, 1.54) is 14.2 Å². The summed E-state index contributed by atoms with van der Waals surface area (Å²) in [6, 6.07) is 2.43. The molecular formula is C12H15BrN2S2. The van der Waals surface area contributed by atoms with E-state index in [0.717, 1.165) is 17.2 Å². The molecule has 0 radical (unpaired) electrons. The Hall–Kier alpha value is -0.230. The maximum atomic E-state index is 4.59. The van der Waals surface area contributed by atoms with Crippen molar-refractivity contribution in [3.63, 3.8) is 0 Å². The lowest BCUT2D eigenvalue weighted by Gasteiger charge is -2.13. The van der Waals surface area contributed by atoms with Gasteiger partial charge in [0.05, 0.1) is 6.04 Å². The fourth-order valence-electron chi connectivity index (χ4n) is 1.64. The lowest BCUT2D eigenvalue weighted by molar-refractivity contribution is 0.635. The van der Waals surface area contributed by atoms with Gasteiger partial charge in [0, 0.05) is 25.3 Å². The van der Waals surface area contributed by atoms with Gasteiger partial charge in [0.1, 0.15) is 5.01 Å². The average molecular weight is 331 g/mol. The minimum Gasteiger partial charge on any atom is -0.304 e. The van der Waals surface area contributed by atoms with E-state index in [-0.39, 0.29) is 6.04 Å². The van der Waals surface area contributed by atoms with Crippen molar-refractivity contribution >= 4 is 38.6 Å². The number of aryl methyl sites for hydroxylation is 2. The Balaban J connectivity index is 2.34. The van der Waals surface area contributed by atoms with Crippen LogP contribution in [-0.4, -0.2) is 11.5 Å². The van der Waals surface area contributed by atoms with Crippen molar-refractivity contribution in [1.82, 2.24) is 10.3 Å². The van der Waals surface area contributed by atoms with Gasteiger partial charge >= 0.3 is 0 Å². The Labute approximate surface area is 118 Å². The molecule has 0 amide bonds. The van der Waals surface area contributed by atoms with Gasteiger partial charge in [-0.05, 0) is 42.4 Å². The highest BCUT2D eigenvalue weighted by Crippen LogP contribution is 2.34. The molecule has 2 aromatic rings. The number of thiazole rings is 1. The first kappa shape index (κ1) is 13.2. The van der Waals surface area contributed by atoms with E-state index in [0.29, 0.717) is 0 Å². The van der Waals surface area contributed by atoms with Crippen LogP contribution in [0.25, 0.3) is 0 Å². The summed E-state index contributed by atoms with van der Waals surface area (Å²) in [6.45, 7) is 7.24. The minimum atomic E-state index is 0.230. The fraction of sp³-hybridized carbons (Fsp3) is 0.417. The summed E-state index contributed by atoms with van der Waals surface area (Å²) in [6.07, 6.45) is 0. The predicted octanol–water partition coefficient (Wildman–Crippen LogP) is 4.28. The summed E-state index contributed by atoms with van der Waals surface area (Å²) in [5.74, 6) is 0. The molecule has 2 rings (SSSR count). The van der Waals surface area contributed by atoms with Crippen LogP contribution in [0.2, 0.25) is 0 Å². The number of aromatic nitrogens is 1. The number of hydrogen-bond donors (Lipinski definition) is 1. The maximum Gasteiger partial charge on any atom is 0.115 e. The van der Waals surface area contributed by atoms with E-state index < -0.39 is 0 Å². The van der Waals surface area contributed by atoms with Gasteiger partial charge in [0.15, 0.2) is 0 Å². The van der Waals surface area contributed by atoms with Crippen molar-refractivity contribution in [3.8, 4) is 0 Å². The van der Waals surface area contributed by atoms with Crippen molar-refractivity contribution in [1.29, 1.82) is 0 Å². The standard InChI is InChI=1S/C12H15BrN2S2/c1-4-14-11(12-15-7(2)6-16-12)10-5-9(13)8(3)17-10/h5-6,11,14H,4H2,1-3H3. The molecule has 1 unspecified atom stereocenters. The molecule has 17 heavy (non-hydrogen) atoms. The van der Waals surface area contributed by atoms with Crippen LogP contribution in [0.15, 0.2) is 15.9 Å². The molecule has 0 saturated heterocycles. The smallest absolute Gasteiger partial charge is 0.115 e. The van der Waals surface area contributed by atoms with Crippen LogP contribution in [0.5, 0.6) is 0 Å². The third-order valence-corrected chi connectivity index (χ3v) is 5.68. The highest BCUT2D eigenvalue weighted by Gasteiger charge is 2.19. The van der Waals surface area contributed by atoms with Crippen molar-refractivity contribution in [2.24, 2.45) is 0 Å². The van der Waals surface area contributed by atoms with Crippen molar-refractivity contribution < 1.29 is 0 Å². The molecule has 0 saturated carbocycles. The number of halogens is 1. The third kappa shape index (κ3) is 2.96. The first-order valence-corrected chi connectivity index (χ1v) is 8.02. The van der Waals surface area contributed by atoms with Crippen LogP contribution in [0, 0.1) is 13.8 Å². The first-order valence-electron chi connectivity index (χ1n) is 5.53. The van der Waals surface area contributed by atoms with Gasteiger partial charge in [0.25, 0.3) is 0 Å². The van der Waals surface area contributed by atoms with Gasteiger partial charge in [-0.1, -0.05) is 6.92 Å². The fourth-order valence-corrected chi connectivity index (χ4v) is 4.24. The monoisotopic (exact) mass is 330 g/mol. The molecule has 0 spiro atoms. The number of nitrogens with zero attached hydrogens (tertiary/aromatic N) is 1. The second-order valence-electron chi connectivity index (χ2n) is 3.87. The summed E-state index contributed by atoms with van der Waals surface area (Å²) in [4.78, 5) is 7.23. The maximum absolute atomic E-state index is 4.59.